The predicted molar refractivity (Wildman–Crippen MR) is 138 cm³/mol. The van der Waals surface area contributed by atoms with Crippen LogP contribution in [0.3, 0.4) is 0 Å². The SMILES string of the molecule is Cc1ccc(-n2ncc(C(=O)Nc3cnc(C4=CCC(N5CCOCC5)CC4)c(C)c3)c2C)cc1. The number of aromatic nitrogens is 3. The van der Waals surface area contributed by atoms with Gasteiger partial charge >= 0.3 is 0 Å². The summed E-state index contributed by atoms with van der Waals surface area (Å²) in [5, 5.41) is 7.43. The van der Waals surface area contributed by atoms with E-state index in [9.17, 15) is 4.79 Å². The van der Waals surface area contributed by atoms with Crippen LogP contribution in [0.2, 0.25) is 0 Å². The van der Waals surface area contributed by atoms with E-state index >= 15 is 0 Å². The van der Waals surface area contributed by atoms with E-state index in [0.29, 0.717) is 17.3 Å². The first-order valence-corrected chi connectivity index (χ1v) is 12.4. The van der Waals surface area contributed by atoms with Gasteiger partial charge in [-0.05, 0) is 69.4 Å². The highest BCUT2D eigenvalue weighted by Gasteiger charge is 2.24. The van der Waals surface area contributed by atoms with Crippen LogP contribution >= 0.6 is 0 Å². The number of carbonyl (C=O) groups is 1. The Balaban J connectivity index is 1.26. The van der Waals surface area contributed by atoms with Crippen LogP contribution in [0.1, 0.15) is 52.1 Å². The number of carbonyl (C=O) groups excluding carboxylic acids is 1. The maximum atomic E-state index is 13.0. The van der Waals surface area contributed by atoms with Crippen molar-refractivity contribution < 1.29 is 9.53 Å². The normalized spacial score (nSPS) is 18.8. The van der Waals surface area contributed by atoms with E-state index in [1.807, 2.05) is 44.2 Å². The highest BCUT2D eigenvalue weighted by molar-refractivity contribution is 6.05. The van der Waals surface area contributed by atoms with E-state index in [4.69, 9.17) is 9.72 Å². The number of nitrogens with one attached hydrogen (secondary N) is 1. The van der Waals surface area contributed by atoms with Gasteiger partial charge in [0.25, 0.3) is 5.91 Å². The van der Waals surface area contributed by atoms with Gasteiger partial charge in [-0.1, -0.05) is 23.8 Å². The highest BCUT2D eigenvalue weighted by atomic mass is 16.5. The molecule has 1 unspecified atom stereocenters. The molecule has 0 bridgehead atoms. The number of benzene rings is 1. The van der Waals surface area contributed by atoms with E-state index in [0.717, 1.165) is 68.2 Å². The van der Waals surface area contributed by atoms with Crippen molar-refractivity contribution in [2.24, 2.45) is 0 Å². The number of hydrogen-bond donors (Lipinski definition) is 1. The second-order valence-electron chi connectivity index (χ2n) is 9.54. The number of nitrogens with zero attached hydrogens (tertiary/aromatic N) is 4. The fourth-order valence-corrected chi connectivity index (χ4v) is 5.07. The van der Waals surface area contributed by atoms with Gasteiger partial charge in [0.05, 0.1) is 53.9 Å². The highest BCUT2D eigenvalue weighted by Crippen LogP contribution is 2.31. The molecule has 7 heteroatoms. The third-order valence-electron chi connectivity index (χ3n) is 7.12. The molecule has 0 spiro atoms. The summed E-state index contributed by atoms with van der Waals surface area (Å²) in [5.41, 5.74) is 7.58. The summed E-state index contributed by atoms with van der Waals surface area (Å²) in [6, 6.07) is 10.7. The summed E-state index contributed by atoms with van der Waals surface area (Å²) in [4.78, 5) is 20.3. The van der Waals surface area contributed by atoms with Crippen LogP contribution in [0.4, 0.5) is 5.69 Å². The van der Waals surface area contributed by atoms with Crippen molar-refractivity contribution in [3.63, 3.8) is 0 Å². The molecule has 1 N–H and O–H groups in total. The zero-order valence-corrected chi connectivity index (χ0v) is 20.8. The first-order valence-electron chi connectivity index (χ1n) is 12.4. The quantitative estimate of drug-likeness (QED) is 0.583. The molecular weight excluding hydrogens is 438 g/mol. The predicted octanol–water partition coefficient (Wildman–Crippen LogP) is 4.71. The molecule has 3 aromatic rings. The van der Waals surface area contributed by atoms with Crippen LogP contribution in [-0.2, 0) is 4.74 Å². The Morgan fingerprint density at radius 1 is 1.09 bits per heavy atom. The van der Waals surface area contributed by atoms with Crippen molar-refractivity contribution >= 4 is 17.2 Å². The van der Waals surface area contributed by atoms with Crippen LogP contribution < -0.4 is 5.32 Å². The van der Waals surface area contributed by atoms with Crippen molar-refractivity contribution in [3.8, 4) is 5.69 Å². The molecule has 1 atom stereocenters. The maximum absolute atomic E-state index is 13.0. The average molecular weight is 472 g/mol. The number of allylic oxidation sites excluding steroid dienone is 1. The van der Waals surface area contributed by atoms with Gasteiger partial charge < -0.3 is 10.1 Å². The second kappa shape index (κ2) is 10.1. The van der Waals surface area contributed by atoms with E-state index in [1.165, 1.54) is 11.1 Å². The largest absolute Gasteiger partial charge is 0.379 e. The number of pyridine rings is 1. The van der Waals surface area contributed by atoms with E-state index < -0.39 is 0 Å². The lowest BCUT2D eigenvalue weighted by molar-refractivity contribution is 0.0150. The topological polar surface area (TPSA) is 72.3 Å². The third kappa shape index (κ3) is 5.06. The second-order valence-corrected chi connectivity index (χ2v) is 9.54. The van der Waals surface area contributed by atoms with Crippen molar-refractivity contribution in [1.29, 1.82) is 0 Å². The first kappa shape index (κ1) is 23.5. The van der Waals surface area contributed by atoms with Gasteiger partial charge in [-0.3, -0.25) is 14.7 Å². The van der Waals surface area contributed by atoms with E-state index in [2.05, 4.69) is 28.3 Å². The zero-order chi connectivity index (χ0) is 24.4. The monoisotopic (exact) mass is 471 g/mol. The zero-order valence-electron chi connectivity index (χ0n) is 20.8. The molecule has 7 nitrogen and oxygen atoms in total. The molecule has 35 heavy (non-hydrogen) atoms. The van der Waals surface area contributed by atoms with E-state index in [1.54, 1.807) is 17.1 Å². The lowest BCUT2D eigenvalue weighted by Gasteiger charge is -2.36. The van der Waals surface area contributed by atoms with Crippen LogP contribution in [0.5, 0.6) is 0 Å². The summed E-state index contributed by atoms with van der Waals surface area (Å²) < 4.78 is 7.29. The standard InChI is InChI=1S/C28H33N5O2/c1-19-4-8-25(9-5-19)33-21(3)26(18-30-33)28(34)31-23-16-20(2)27(29-17-23)22-6-10-24(11-7-22)32-12-14-35-15-13-32/h4-6,8-9,16-18,24H,7,10-15H2,1-3H3,(H,31,34). The van der Waals surface area contributed by atoms with Crippen molar-refractivity contribution in [1.82, 2.24) is 19.7 Å². The minimum absolute atomic E-state index is 0.181. The first-order chi connectivity index (χ1) is 17.0. The lowest BCUT2D eigenvalue weighted by Crippen LogP contribution is -2.43. The van der Waals surface area contributed by atoms with Crippen molar-refractivity contribution in [2.45, 2.75) is 46.1 Å². The van der Waals surface area contributed by atoms with Crippen LogP contribution in [0.25, 0.3) is 11.3 Å². The fraction of sp³-hybridized carbons (Fsp3) is 0.393. The summed E-state index contributed by atoms with van der Waals surface area (Å²) in [7, 11) is 0. The Bertz CT molecular complexity index is 1240. The summed E-state index contributed by atoms with van der Waals surface area (Å²) in [6.45, 7) is 9.76. The molecule has 1 amide bonds. The molecule has 182 valence electrons. The van der Waals surface area contributed by atoms with Crippen LogP contribution in [0.15, 0.2) is 48.8 Å². The van der Waals surface area contributed by atoms with Gasteiger partial charge in [-0.25, -0.2) is 4.68 Å². The third-order valence-corrected chi connectivity index (χ3v) is 7.12. The number of amides is 1. The number of ether oxygens (including phenoxy) is 1. The Labute approximate surface area is 206 Å². The molecule has 1 saturated heterocycles. The van der Waals surface area contributed by atoms with Crippen LogP contribution in [-0.4, -0.2) is 57.9 Å². The number of hydrogen-bond acceptors (Lipinski definition) is 5. The van der Waals surface area contributed by atoms with Crippen molar-refractivity contribution in [3.05, 3.63) is 76.9 Å². The Kier molecular flexibility index (Phi) is 6.79. The number of aryl methyl sites for hydroxylation is 2. The number of morpholine rings is 1. The molecule has 1 aliphatic heterocycles. The Morgan fingerprint density at radius 2 is 1.86 bits per heavy atom. The average Bonchev–Trinajstić information content (AvgIpc) is 3.27. The maximum Gasteiger partial charge on any atom is 0.259 e. The van der Waals surface area contributed by atoms with Gasteiger partial charge in [-0.2, -0.15) is 5.10 Å². The van der Waals surface area contributed by atoms with Gasteiger partial charge in [-0.15, -0.1) is 0 Å². The van der Waals surface area contributed by atoms with Gasteiger partial charge in [0.1, 0.15) is 0 Å². The minimum Gasteiger partial charge on any atom is -0.379 e. The van der Waals surface area contributed by atoms with E-state index in [-0.39, 0.29) is 5.91 Å². The molecule has 0 radical (unpaired) electrons. The smallest absolute Gasteiger partial charge is 0.259 e. The Hall–Kier alpha value is -3.29. The van der Waals surface area contributed by atoms with Gasteiger partial charge in [0, 0.05) is 19.1 Å². The fourth-order valence-electron chi connectivity index (χ4n) is 5.07. The summed E-state index contributed by atoms with van der Waals surface area (Å²) in [6.07, 6.45) is 8.96. The lowest BCUT2D eigenvalue weighted by atomic mass is 9.90. The molecule has 1 aliphatic carbocycles. The molecular formula is C28H33N5O2. The minimum atomic E-state index is -0.181. The molecule has 2 aliphatic rings. The van der Waals surface area contributed by atoms with Crippen molar-refractivity contribution in [2.75, 3.05) is 31.6 Å². The summed E-state index contributed by atoms with van der Waals surface area (Å²) in [5.74, 6) is -0.181. The van der Waals surface area contributed by atoms with Gasteiger partial charge in [0.2, 0.25) is 0 Å². The molecule has 2 aromatic heterocycles. The molecule has 3 heterocycles. The number of rotatable bonds is 5. The molecule has 0 saturated carbocycles. The Morgan fingerprint density at radius 3 is 2.54 bits per heavy atom. The number of anilines is 1. The van der Waals surface area contributed by atoms with Gasteiger partial charge in [0.15, 0.2) is 0 Å². The molecule has 5 rings (SSSR count). The molecule has 1 fully saturated rings. The summed E-state index contributed by atoms with van der Waals surface area (Å²) >= 11 is 0. The van der Waals surface area contributed by atoms with Crippen LogP contribution in [0, 0.1) is 20.8 Å². The molecule has 1 aromatic carbocycles.